The standard InChI is InChI=1S/C30H28F2N2O10/c1-14(29(39)33-26-22(36)10-25-28(27(26)38)41-13-40-25)7-17-4-5-18(9-21(17)35)43-30-23(37)11-24(44-30)15(2)34-42-12-16-3-6-19(31)20(32)8-16/h3-10,23-24,30,35-38H,11-13H2,1-2H3,(H,33,39)/b14-7+,34-15+/t23-,24-,30+/m0/s1. The Bertz CT molecular complexity index is 1640. The molecular formula is C30H28F2N2O10. The number of oxime groups is 1. The highest BCUT2D eigenvalue weighted by Gasteiger charge is 2.37. The first kappa shape index (κ1) is 30.4. The lowest BCUT2D eigenvalue weighted by Crippen LogP contribution is -2.27. The number of fused-ring (bicyclic) bond motifs is 1. The highest BCUT2D eigenvalue weighted by Crippen LogP contribution is 2.49. The van der Waals surface area contributed by atoms with Crippen molar-refractivity contribution >= 4 is 23.4 Å². The summed E-state index contributed by atoms with van der Waals surface area (Å²) in [7, 11) is 0. The Kier molecular flexibility index (Phi) is 8.73. The van der Waals surface area contributed by atoms with Crippen LogP contribution in [-0.2, 0) is 21.0 Å². The minimum atomic E-state index is -1.09. The third-order valence-electron chi connectivity index (χ3n) is 6.80. The van der Waals surface area contributed by atoms with Crippen molar-refractivity contribution in [3.8, 4) is 34.5 Å². The van der Waals surface area contributed by atoms with E-state index in [-0.39, 0.29) is 59.6 Å². The van der Waals surface area contributed by atoms with Crippen molar-refractivity contribution in [3.05, 3.63) is 70.8 Å². The maximum absolute atomic E-state index is 13.4. The zero-order chi connectivity index (χ0) is 31.5. The molecule has 0 spiro atoms. The Morgan fingerprint density at radius 1 is 1.07 bits per heavy atom. The summed E-state index contributed by atoms with van der Waals surface area (Å²) >= 11 is 0. The summed E-state index contributed by atoms with van der Waals surface area (Å²) in [5.41, 5.74) is 0.896. The first-order valence-electron chi connectivity index (χ1n) is 13.3. The van der Waals surface area contributed by atoms with Crippen LogP contribution >= 0.6 is 0 Å². The van der Waals surface area contributed by atoms with Crippen molar-refractivity contribution < 1.29 is 57.8 Å². The van der Waals surface area contributed by atoms with Crippen LogP contribution in [0.25, 0.3) is 6.08 Å². The molecule has 0 bridgehead atoms. The lowest BCUT2D eigenvalue weighted by Gasteiger charge is -2.17. The summed E-state index contributed by atoms with van der Waals surface area (Å²) in [6.45, 7) is 2.84. The summed E-state index contributed by atoms with van der Waals surface area (Å²) in [6, 6.07) is 8.83. The van der Waals surface area contributed by atoms with Crippen molar-refractivity contribution in [2.75, 3.05) is 12.1 Å². The van der Waals surface area contributed by atoms with E-state index in [4.69, 9.17) is 23.8 Å². The van der Waals surface area contributed by atoms with E-state index in [0.717, 1.165) is 12.1 Å². The van der Waals surface area contributed by atoms with Gasteiger partial charge < -0.3 is 49.5 Å². The predicted octanol–water partition coefficient (Wildman–Crippen LogP) is 4.30. The number of carbonyl (C=O) groups is 1. The number of aliphatic hydroxyl groups is 1. The minimum absolute atomic E-state index is 0.00824. The lowest BCUT2D eigenvalue weighted by atomic mass is 10.1. The van der Waals surface area contributed by atoms with Gasteiger partial charge in [0.1, 0.15) is 41.8 Å². The van der Waals surface area contributed by atoms with Crippen molar-refractivity contribution in [1.82, 2.24) is 0 Å². The van der Waals surface area contributed by atoms with Gasteiger partial charge in [0.05, 0.1) is 5.71 Å². The Labute approximate surface area is 249 Å². The zero-order valence-corrected chi connectivity index (χ0v) is 23.4. The molecule has 232 valence electrons. The SMILES string of the molecule is C/C(=C\c1ccc(O[C@@H]2O[C@H](/C(C)=N/OCc3ccc(F)c(F)c3)C[C@@H]2O)cc1O)C(=O)Nc1c(O)cc2c(c1O)OCO2. The molecule has 2 aliphatic rings. The number of anilines is 1. The van der Waals surface area contributed by atoms with Crippen LogP contribution in [0.3, 0.4) is 0 Å². The number of hydrogen-bond donors (Lipinski definition) is 5. The van der Waals surface area contributed by atoms with Crippen LogP contribution in [0.1, 0.15) is 31.4 Å². The molecule has 0 saturated carbocycles. The van der Waals surface area contributed by atoms with Crippen LogP contribution in [0, 0.1) is 11.6 Å². The molecule has 2 heterocycles. The van der Waals surface area contributed by atoms with Gasteiger partial charge in [0, 0.05) is 29.7 Å². The molecule has 5 N–H and O–H groups in total. The largest absolute Gasteiger partial charge is 0.507 e. The summed E-state index contributed by atoms with van der Waals surface area (Å²) in [4.78, 5) is 18.0. The molecule has 0 radical (unpaired) electrons. The van der Waals surface area contributed by atoms with Gasteiger partial charge in [0.25, 0.3) is 5.91 Å². The smallest absolute Gasteiger partial charge is 0.251 e. The number of aliphatic hydroxyl groups excluding tert-OH is 1. The fourth-order valence-electron chi connectivity index (χ4n) is 4.41. The van der Waals surface area contributed by atoms with Gasteiger partial charge >= 0.3 is 0 Å². The van der Waals surface area contributed by atoms with Crippen LogP contribution in [0.4, 0.5) is 14.5 Å². The normalized spacial score (nSPS) is 19.6. The number of phenolic OH excluding ortho intramolecular Hbond substituents is 3. The molecule has 1 amide bonds. The van der Waals surface area contributed by atoms with Crippen molar-refractivity contribution in [1.29, 1.82) is 0 Å². The number of phenols is 3. The quantitative estimate of drug-likeness (QED) is 0.101. The van der Waals surface area contributed by atoms with Gasteiger partial charge in [0.15, 0.2) is 23.1 Å². The summed E-state index contributed by atoms with van der Waals surface area (Å²) in [5.74, 6) is -3.49. The number of amides is 1. The monoisotopic (exact) mass is 614 g/mol. The van der Waals surface area contributed by atoms with E-state index in [2.05, 4.69) is 10.5 Å². The molecule has 0 aliphatic carbocycles. The Balaban J connectivity index is 1.18. The van der Waals surface area contributed by atoms with Gasteiger partial charge in [-0.2, -0.15) is 0 Å². The molecule has 14 heteroatoms. The number of rotatable bonds is 9. The number of halogens is 2. The highest BCUT2D eigenvalue weighted by atomic mass is 19.2. The Hall–Kier alpha value is -5.08. The molecule has 0 aromatic heterocycles. The summed E-state index contributed by atoms with van der Waals surface area (Å²) < 4.78 is 48.2. The summed E-state index contributed by atoms with van der Waals surface area (Å²) in [5, 5.41) is 47.9. The first-order chi connectivity index (χ1) is 21.0. The molecular weight excluding hydrogens is 586 g/mol. The molecule has 3 aromatic carbocycles. The molecule has 2 aliphatic heterocycles. The molecule has 3 atom stereocenters. The van der Waals surface area contributed by atoms with Crippen LogP contribution < -0.4 is 19.5 Å². The maximum Gasteiger partial charge on any atom is 0.251 e. The van der Waals surface area contributed by atoms with Crippen LogP contribution in [0.15, 0.2) is 53.2 Å². The van der Waals surface area contributed by atoms with E-state index in [1.165, 1.54) is 43.3 Å². The second-order valence-corrected chi connectivity index (χ2v) is 10.0. The van der Waals surface area contributed by atoms with E-state index >= 15 is 0 Å². The van der Waals surface area contributed by atoms with Crippen molar-refractivity contribution in [2.24, 2.45) is 5.16 Å². The second kappa shape index (κ2) is 12.7. The van der Waals surface area contributed by atoms with E-state index in [0.29, 0.717) is 11.3 Å². The van der Waals surface area contributed by atoms with Crippen LogP contribution in [0.5, 0.6) is 34.5 Å². The average molecular weight is 615 g/mol. The number of benzene rings is 3. The van der Waals surface area contributed by atoms with Gasteiger partial charge in [-0.15, -0.1) is 0 Å². The number of hydrogen-bond acceptors (Lipinski definition) is 11. The van der Waals surface area contributed by atoms with Gasteiger partial charge in [-0.3, -0.25) is 4.79 Å². The van der Waals surface area contributed by atoms with Crippen molar-refractivity contribution in [2.45, 2.75) is 45.4 Å². The molecule has 3 aromatic rings. The van der Waals surface area contributed by atoms with Gasteiger partial charge in [-0.1, -0.05) is 11.2 Å². The minimum Gasteiger partial charge on any atom is -0.507 e. The third kappa shape index (κ3) is 6.61. The van der Waals surface area contributed by atoms with E-state index in [1.54, 1.807) is 6.92 Å². The molecule has 1 saturated heterocycles. The maximum atomic E-state index is 13.4. The topological polar surface area (TPSA) is 169 Å². The fourth-order valence-corrected chi connectivity index (χ4v) is 4.41. The van der Waals surface area contributed by atoms with Crippen LogP contribution in [0.2, 0.25) is 0 Å². The average Bonchev–Trinajstić information content (AvgIpc) is 3.60. The van der Waals surface area contributed by atoms with E-state index in [1.807, 2.05) is 0 Å². The molecule has 1 fully saturated rings. The van der Waals surface area contributed by atoms with E-state index < -0.39 is 47.5 Å². The van der Waals surface area contributed by atoms with E-state index in [9.17, 15) is 34.0 Å². The van der Waals surface area contributed by atoms with Gasteiger partial charge in [0.2, 0.25) is 18.8 Å². The van der Waals surface area contributed by atoms with Gasteiger partial charge in [-0.25, -0.2) is 8.78 Å². The molecule has 0 unspecified atom stereocenters. The second-order valence-electron chi connectivity index (χ2n) is 10.0. The number of aromatic hydroxyl groups is 3. The zero-order valence-electron chi connectivity index (χ0n) is 23.4. The Morgan fingerprint density at radius 3 is 2.61 bits per heavy atom. The highest BCUT2D eigenvalue weighted by molar-refractivity contribution is 6.08. The number of nitrogens with zero attached hydrogens (tertiary/aromatic N) is 1. The third-order valence-corrected chi connectivity index (χ3v) is 6.80. The Morgan fingerprint density at radius 2 is 1.86 bits per heavy atom. The van der Waals surface area contributed by atoms with Gasteiger partial charge in [-0.05, 0) is 49.8 Å². The number of carbonyl (C=O) groups excluding carboxylic acids is 1. The molecule has 44 heavy (non-hydrogen) atoms. The summed E-state index contributed by atoms with van der Waals surface area (Å²) in [6.07, 6.45) is -1.25. The number of nitrogens with one attached hydrogen (secondary N) is 1. The predicted molar refractivity (Wildman–Crippen MR) is 150 cm³/mol. The first-order valence-corrected chi connectivity index (χ1v) is 13.3. The molecule has 5 rings (SSSR count). The fraction of sp³-hybridized carbons (Fsp3) is 0.267. The lowest BCUT2D eigenvalue weighted by molar-refractivity contribution is -0.112. The van der Waals surface area contributed by atoms with Crippen LogP contribution in [-0.4, -0.2) is 57.3 Å². The number of ether oxygens (including phenoxy) is 4. The van der Waals surface area contributed by atoms with Crippen molar-refractivity contribution in [3.63, 3.8) is 0 Å². The molecule has 12 nitrogen and oxygen atoms in total.